The molecule has 0 aromatic heterocycles. The number of likely N-dealkylation sites (tertiary alicyclic amines) is 1. The van der Waals surface area contributed by atoms with Gasteiger partial charge in [-0.15, -0.1) is 0 Å². The average Bonchev–Trinajstić information content (AvgIpc) is 3.18. The molecule has 286 valence electrons. The van der Waals surface area contributed by atoms with E-state index in [9.17, 15) is 41.4 Å². The Morgan fingerprint density at radius 3 is 1.70 bits per heavy atom. The third-order valence-electron chi connectivity index (χ3n) is 8.82. The van der Waals surface area contributed by atoms with Gasteiger partial charge in [0.25, 0.3) is 26.0 Å². The van der Waals surface area contributed by atoms with Crippen LogP contribution in [0.4, 0.5) is 11.4 Å². The van der Waals surface area contributed by atoms with E-state index in [0.29, 0.717) is 46.0 Å². The molecule has 2 N–H and O–H groups in total. The van der Waals surface area contributed by atoms with E-state index in [2.05, 4.69) is 0 Å². The number of anilines is 2. The molecule has 0 atom stereocenters. The first-order valence-corrected chi connectivity index (χ1v) is 19.5. The molecule has 4 aromatic rings. The van der Waals surface area contributed by atoms with Crippen molar-refractivity contribution in [2.45, 2.75) is 28.6 Å². The second kappa shape index (κ2) is 16.9. The summed E-state index contributed by atoms with van der Waals surface area (Å²) < 4.78 is 73.0. The van der Waals surface area contributed by atoms with Crippen molar-refractivity contribution in [3.63, 3.8) is 0 Å². The SMILES string of the molecule is COc1ccc(S(=O)(=O)N(CC(=O)O)c2ccc(N(CC(=O)O)S(=O)(=O)c3ccc(OC)cc3)c(OCC(=O)N3CCC(c4ccccc4)CC3)c2)cc1. The zero-order chi connectivity index (χ0) is 39.0. The van der Waals surface area contributed by atoms with E-state index in [0.717, 1.165) is 23.8 Å². The molecular formula is C37H39N3O12S2. The van der Waals surface area contributed by atoms with E-state index in [4.69, 9.17) is 14.2 Å². The highest BCUT2D eigenvalue weighted by Gasteiger charge is 2.33. The van der Waals surface area contributed by atoms with Crippen LogP contribution in [0.3, 0.4) is 0 Å². The van der Waals surface area contributed by atoms with Crippen LogP contribution in [0.25, 0.3) is 0 Å². The number of carboxylic acid groups (broad SMARTS) is 2. The van der Waals surface area contributed by atoms with Gasteiger partial charge in [-0.2, -0.15) is 0 Å². The summed E-state index contributed by atoms with van der Waals surface area (Å²) >= 11 is 0. The van der Waals surface area contributed by atoms with Gasteiger partial charge in [0.1, 0.15) is 30.3 Å². The predicted octanol–water partition coefficient (Wildman–Crippen LogP) is 4.05. The monoisotopic (exact) mass is 781 g/mol. The van der Waals surface area contributed by atoms with Crippen molar-refractivity contribution >= 4 is 49.3 Å². The molecule has 0 radical (unpaired) electrons. The molecule has 0 bridgehead atoms. The molecule has 0 spiro atoms. The largest absolute Gasteiger partial charge is 0.497 e. The number of aliphatic carboxylic acids is 2. The Bertz CT molecular complexity index is 2170. The average molecular weight is 782 g/mol. The number of carboxylic acids is 2. The summed E-state index contributed by atoms with van der Waals surface area (Å²) in [6.07, 6.45) is 1.38. The van der Waals surface area contributed by atoms with Gasteiger partial charge in [-0.25, -0.2) is 16.8 Å². The van der Waals surface area contributed by atoms with Crippen LogP contribution in [0.5, 0.6) is 17.2 Å². The number of hydrogen-bond donors (Lipinski definition) is 2. The molecule has 0 saturated carbocycles. The molecule has 1 heterocycles. The van der Waals surface area contributed by atoms with Crippen LogP contribution in [0.1, 0.15) is 24.3 Å². The summed E-state index contributed by atoms with van der Waals surface area (Å²) in [6, 6.07) is 23.6. The highest BCUT2D eigenvalue weighted by molar-refractivity contribution is 7.93. The van der Waals surface area contributed by atoms with Crippen LogP contribution in [0, 0.1) is 0 Å². The smallest absolute Gasteiger partial charge is 0.324 e. The molecule has 1 fully saturated rings. The third kappa shape index (κ3) is 9.03. The first-order chi connectivity index (χ1) is 25.7. The number of carbonyl (C=O) groups excluding carboxylic acids is 1. The number of piperidine rings is 1. The number of ether oxygens (including phenoxy) is 3. The van der Waals surface area contributed by atoms with Gasteiger partial charge in [-0.3, -0.25) is 23.0 Å². The lowest BCUT2D eigenvalue weighted by Crippen LogP contribution is -2.41. The van der Waals surface area contributed by atoms with Crippen LogP contribution in [0.2, 0.25) is 0 Å². The summed E-state index contributed by atoms with van der Waals surface area (Å²) in [7, 11) is -6.42. The molecule has 1 aliphatic heterocycles. The Morgan fingerprint density at radius 1 is 0.704 bits per heavy atom. The van der Waals surface area contributed by atoms with Crippen molar-refractivity contribution in [1.82, 2.24) is 4.90 Å². The number of rotatable bonds is 16. The fraction of sp³-hybridized carbons (Fsp3) is 0.270. The fourth-order valence-corrected chi connectivity index (χ4v) is 8.84. The van der Waals surface area contributed by atoms with E-state index in [1.807, 2.05) is 30.3 Å². The lowest BCUT2D eigenvalue weighted by Gasteiger charge is -2.32. The number of benzene rings is 4. The Balaban J connectivity index is 1.54. The Morgan fingerprint density at radius 2 is 1.20 bits per heavy atom. The summed E-state index contributed by atoms with van der Waals surface area (Å²) in [6.45, 7) is -1.93. The van der Waals surface area contributed by atoms with Crippen LogP contribution in [-0.2, 0) is 34.4 Å². The van der Waals surface area contributed by atoms with Crippen molar-refractivity contribution in [3.05, 3.63) is 103 Å². The van der Waals surface area contributed by atoms with Crippen LogP contribution in [0.15, 0.2) is 107 Å². The van der Waals surface area contributed by atoms with Gasteiger partial charge in [0.05, 0.1) is 35.4 Å². The summed E-state index contributed by atoms with van der Waals surface area (Å²) in [5.41, 5.74) is 0.555. The molecule has 1 amide bonds. The Kier molecular flexibility index (Phi) is 12.3. The molecule has 0 aliphatic carbocycles. The van der Waals surface area contributed by atoms with E-state index in [-0.39, 0.29) is 27.1 Å². The van der Waals surface area contributed by atoms with Gasteiger partial charge in [-0.1, -0.05) is 30.3 Å². The van der Waals surface area contributed by atoms with Crippen molar-refractivity contribution in [3.8, 4) is 17.2 Å². The van der Waals surface area contributed by atoms with Crippen molar-refractivity contribution in [1.29, 1.82) is 0 Å². The molecule has 1 saturated heterocycles. The van der Waals surface area contributed by atoms with Gasteiger partial charge in [0.2, 0.25) is 0 Å². The maximum absolute atomic E-state index is 14.0. The standard InChI is InChI=1S/C37H39N3O12S2/c1-50-29-9-13-31(14-10-29)53(46,47)39(23-36(42)43)28-8-17-33(40(24-37(44)45)54(48,49)32-15-11-30(51-2)12-16-32)34(22-28)52-25-35(41)38-20-18-27(19-21-38)26-6-4-3-5-7-26/h3-17,22,27H,18-21,23-25H2,1-2H3,(H,42,43)(H,44,45). The van der Waals surface area contributed by atoms with Crippen LogP contribution < -0.4 is 22.8 Å². The lowest BCUT2D eigenvalue weighted by molar-refractivity contribution is -0.136. The minimum atomic E-state index is -4.63. The van der Waals surface area contributed by atoms with E-state index >= 15 is 0 Å². The highest BCUT2D eigenvalue weighted by Crippen LogP contribution is 2.38. The minimum absolute atomic E-state index is 0.250. The molecule has 0 unspecified atom stereocenters. The number of sulfonamides is 2. The summed E-state index contributed by atoms with van der Waals surface area (Å²) in [5.74, 6) is -2.94. The topological polar surface area (TPSA) is 197 Å². The first-order valence-electron chi connectivity index (χ1n) is 16.6. The number of nitrogens with zero attached hydrogens (tertiary/aromatic N) is 3. The van der Waals surface area contributed by atoms with E-state index in [1.165, 1.54) is 62.8 Å². The van der Waals surface area contributed by atoms with Gasteiger partial charge in [-0.05, 0) is 85.0 Å². The summed E-state index contributed by atoms with van der Waals surface area (Å²) in [5, 5.41) is 19.6. The number of hydrogen-bond acceptors (Lipinski definition) is 10. The third-order valence-corrected chi connectivity index (χ3v) is 12.4. The molecule has 15 nitrogen and oxygen atoms in total. The summed E-state index contributed by atoms with van der Waals surface area (Å²) in [4.78, 5) is 38.6. The quantitative estimate of drug-likeness (QED) is 0.166. The second-order valence-corrected chi connectivity index (χ2v) is 15.9. The highest BCUT2D eigenvalue weighted by atomic mass is 32.2. The molecule has 1 aliphatic rings. The van der Waals surface area contributed by atoms with Crippen molar-refractivity contribution in [2.24, 2.45) is 0 Å². The predicted molar refractivity (Wildman–Crippen MR) is 197 cm³/mol. The zero-order valence-corrected chi connectivity index (χ0v) is 31.0. The van der Waals surface area contributed by atoms with Crippen molar-refractivity contribution < 1.29 is 55.6 Å². The lowest BCUT2D eigenvalue weighted by atomic mass is 9.89. The molecule has 54 heavy (non-hydrogen) atoms. The van der Waals surface area contributed by atoms with Gasteiger partial charge in [0.15, 0.2) is 6.61 Å². The second-order valence-electron chi connectivity index (χ2n) is 12.2. The molecular weight excluding hydrogens is 743 g/mol. The van der Waals surface area contributed by atoms with Gasteiger partial charge < -0.3 is 29.3 Å². The normalized spacial score (nSPS) is 13.5. The van der Waals surface area contributed by atoms with Gasteiger partial charge in [0, 0.05) is 19.2 Å². The minimum Gasteiger partial charge on any atom is -0.497 e. The number of amides is 1. The van der Waals surface area contributed by atoms with Crippen molar-refractivity contribution in [2.75, 3.05) is 55.6 Å². The van der Waals surface area contributed by atoms with E-state index < -0.39 is 63.3 Å². The van der Waals surface area contributed by atoms with E-state index in [1.54, 1.807) is 4.90 Å². The number of carbonyl (C=O) groups is 3. The van der Waals surface area contributed by atoms with Gasteiger partial charge >= 0.3 is 11.9 Å². The molecule has 5 rings (SSSR count). The zero-order valence-electron chi connectivity index (χ0n) is 29.4. The van der Waals surface area contributed by atoms with Crippen LogP contribution >= 0.6 is 0 Å². The molecule has 17 heteroatoms. The maximum Gasteiger partial charge on any atom is 0.324 e. The Hall–Kier alpha value is -5.81. The van der Waals surface area contributed by atoms with Crippen LogP contribution in [-0.4, -0.2) is 96.8 Å². The first kappa shape index (κ1) is 39.4. The Labute approximate surface area is 313 Å². The fourth-order valence-electron chi connectivity index (χ4n) is 6.01. The molecule has 4 aromatic carbocycles. The number of methoxy groups -OCH3 is 2. The maximum atomic E-state index is 14.0.